The summed E-state index contributed by atoms with van der Waals surface area (Å²) in [4.78, 5) is 3.11. The lowest BCUT2D eigenvalue weighted by atomic mass is 10.1. The monoisotopic (exact) mass is 336 g/mol. The van der Waals surface area contributed by atoms with Gasteiger partial charge in [0, 0.05) is 24.5 Å². The van der Waals surface area contributed by atoms with Crippen LogP contribution in [-0.4, -0.2) is 50.8 Å². The SMILES string of the molecule is Cc1cc(S(=O)(=O)N(C)C2CCCN(C)C2)sc1CCl. The van der Waals surface area contributed by atoms with Gasteiger partial charge in [-0.05, 0) is 45.0 Å². The molecule has 20 heavy (non-hydrogen) atoms. The smallest absolute Gasteiger partial charge is 0.252 e. The molecule has 1 unspecified atom stereocenters. The molecule has 2 heterocycles. The van der Waals surface area contributed by atoms with E-state index in [4.69, 9.17) is 11.6 Å². The van der Waals surface area contributed by atoms with Crippen LogP contribution in [0.1, 0.15) is 23.3 Å². The number of alkyl halides is 1. The van der Waals surface area contributed by atoms with Crippen molar-refractivity contribution >= 4 is 33.0 Å². The third kappa shape index (κ3) is 3.20. The molecule has 1 aliphatic heterocycles. The third-order valence-corrected chi connectivity index (χ3v) is 7.89. The fraction of sp³-hybridized carbons (Fsp3) is 0.692. The largest absolute Gasteiger partial charge is 0.305 e. The highest BCUT2D eigenvalue weighted by molar-refractivity contribution is 7.91. The van der Waals surface area contributed by atoms with Gasteiger partial charge in [-0.3, -0.25) is 0 Å². The van der Waals surface area contributed by atoms with Crippen molar-refractivity contribution in [1.29, 1.82) is 0 Å². The van der Waals surface area contributed by atoms with Crippen LogP contribution in [0.15, 0.2) is 10.3 Å². The number of likely N-dealkylation sites (tertiary alicyclic amines) is 1. The minimum absolute atomic E-state index is 0.0561. The Morgan fingerprint density at radius 1 is 1.55 bits per heavy atom. The zero-order valence-electron chi connectivity index (χ0n) is 12.1. The maximum atomic E-state index is 12.7. The number of halogens is 1. The topological polar surface area (TPSA) is 40.6 Å². The zero-order chi connectivity index (χ0) is 14.9. The number of rotatable bonds is 4. The minimum Gasteiger partial charge on any atom is -0.305 e. The second-order valence-corrected chi connectivity index (χ2v) is 9.01. The standard InChI is InChI=1S/C13H21ClN2O2S2/c1-10-7-13(19-12(10)8-14)20(17,18)16(3)11-5-4-6-15(2)9-11/h7,11H,4-6,8-9H2,1-3H3. The van der Waals surface area contributed by atoms with Gasteiger partial charge in [0.05, 0.1) is 5.88 Å². The predicted molar refractivity (Wildman–Crippen MR) is 84.1 cm³/mol. The summed E-state index contributed by atoms with van der Waals surface area (Å²) in [6.07, 6.45) is 1.96. The normalized spacial score (nSPS) is 21.6. The molecule has 2 rings (SSSR count). The van der Waals surface area contributed by atoms with E-state index in [1.807, 2.05) is 14.0 Å². The number of aryl methyl sites for hydroxylation is 1. The molecule has 0 spiro atoms. The van der Waals surface area contributed by atoms with Gasteiger partial charge in [-0.1, -0.05) is 0 Å². The maximum absolute atomic E-state index is 12.7. The Morgan fingerprint density at radius 3 is 2.80 bits per heavy atom. The molecule has 0 aromatic carbocycles. The molecular formula is C13H21ClN2O2S2. The molecule has 4 nitrogen and oxygen atoms in total. The van der Waals surface area contributed by atoms with Crippen molar-refractivity contribution in [3.63, 3.8) is 0 Å². The molecular weight excluding hydrogens is 316 g/mol. The molecule has 7 heteroatoms. The van der Waals surface area contributed by atoms with Crippen LogP contribution in [0.4, 0.5) is 0 Å². The van der Waals surface area contributed by atoms with Crippen molar-refractivity contribution in [2.75, 3.05) is 27.2 Å². The highest BCUT2D eigenvalue weighted by Crippen LogP contribution is 2.30. The molecule has 1 fully saturated rings. The van der Waals surface area contributed by atoms with E-state index in [0.717, 1.165) is 36.4 Å². The van der Waals surface area contributed by atoms with Crippen LogP contribution < -0.4 is 0 Å². The van der Waals surface area contributed by atoms with Gasteiger partial charge in [0.25, 0.3) is 10.0 Å². The highest BCUT2D eigenvalue weighted by atomic mass is 35.5. The molecule has 0 aliphatic carbocycles. The average Bonchev–Trinajstić information content (AvgIpc) is 2.79. The minimum atomic E-state index is -3.41. The Bertz CT molecular complexity index is 571. The van der Waals surface area contributed by atoms with Gasteiger partial charge < -0.3 is 4.90 Å². The van der Waals surface area contributed by atoms with Gasteiger partial charge in [0.2, 0.25) is 0 Å². The molecule has 1 aromatic rings. The number of hydrogen-bond donors (Lipinski definition) is 0. The second-order valence-electron chi connectivity index (χ2n) is 5.38. The average molecular weight is 337 g/mol. The summed E-state index contributed by atoms with van der Waals surface area (Å²) >= 11 is 7.12. The van der Waals surface area contributed by atoms with Crippen LogP contribution in [0.2, 0.25) is 0 Å². The van der Waals surface area contributed by atoms with Crippen molar-refractivity contribution < 1.29 is 8.42 Å². The van der Waals surface area contributed by atoms with Crippen LogP contribution in [0, 0.1) is 6.92 Å². The lowest BCUT2D eigenvalue weighted by Crippen LogP contribution is -2.47. The predicted octanol–water partition coefficient (Wildman–Crippen LogP) is 2.51. The van der Waals surface area contributed by atoms with E-state index in [2.05, 4.69) is 4.90 Å². The molecule has 0 bridgehead atoms. The van der Waals surface area contributed by atoms with Crippen LogP contribution in [0.5, 0.6) is 0 Å². The van der Waals surface area contributed by atoms with Crippen LogP contribution in [0.25, 0.3) is 0 Å². The fourth-order valence-corrected chi connectivity index (χ4v) is 5.90. The van der Waals surface area contributed by atoms with Crippen LogP contribution in [0.3, 0.4) is 0 Å². The van der Waals surface area contributed by atoms with E-state index in [-0.39, 0.29) is 6.04 Å². The Labute approximate surface area is 130 Å². The summed E-state index contributed by atoms with van der Waals surface area (Å²) in [6, 6.07) is 1.79. The summed E-state index contributed by atoms with van der Waals surface area (Å²) < 4.78 is 27.3. The first-order chi connectivity index (χ1) is 9.36. The first-order valence-electron chi connectivity index (χ1n) is 6.68. The highest BCUT2D eigenvalue weighted by Gasteiger charge is 2.31. The molecule has 1 aliphatic rings. The molecule has 0 saturated carbocycles. The lowest BCUT2D eigenvalue weighted by Gasteiger charge is -2.34. The van der Waals surface area contributed by atoms with Crippen molar-refractivity contribution in [1.82, 2.24) is 9.21 Å². The number of likely N-dealkylation sites (N-methyl/N-ethyl adjacent to an activating group) is 2. The third-order valence-electron chi connectivity index (χ3n) is 3.87. The fourth-order valence-electron chi connectivity index (χ4n) is 2.52. The van der Waals surface area contributed by atoms with Gasteiger partial charge >= 0.3 is 0 Å². The lowest BCUT2D eigenvalue weighted by molar-refractivity contribution is 0.188. The number of sulfonamides is 1. The Hall–Kier alpha value is -0.140. The quantitative estimate of drug-likeness (QED) is 0.793. The van der Waals surface area contributed by atoms with E-state index in [1.54, 1.807) is 13.1 Å². The Balaban J connectivity index is 2.24. The number of nitrogens with zero attached hydrogens (tertiary/aromatic N) is 2. The maximum Gasteiger partial charge on any atom is 0.252 e. The van der Waals surface area contributed by atoms with E-state index in [1.165, 1.54) is 15.6 Å². The summed E-state index contributed by atoms with van der Waals surface area (Å²) in [5, 5.41) is 0. The zero-order valence-corrected chi connectivity index (χ0v) is 14.5. The summed E-state index contributed by atoms with van der Waals surface area (Å²) in [6.45, 7) is 3.74. The Kier molecular flexibility index (Phi) is 5.13. The molecule has 114 valence electrons. The molecule has 0 N–H and O–H groups in total. The van der Waals surface area contributed by atoms with Crippen molar-refractivity contribution in [2.24, 2.45) is 0 Å². The number of thiophene rings is 1. The molecule has 1 aromatic heterocycles. The van der Waals surface area contributed by atoms with Crippen molar-refractivity contribution in [3.05, 3.63) is 16.5 Å². The van der Waals surface area contributed by atoms with Crippen LogP contribution >= 0.6 is 22.9 Å². The number of hydrogen-bond acceptors (Lipinski definition) is 4. The van der Waals surface area contributed by atoms with Crippen LogP contribution in [-0.2, 0) is 15.9 Å². The molecule has 0 amide bonds. The van der Waals surface area contributed by atoms with E-state index >= 15 is 0 Å². The Morgan fingerprint density at radius 2 is 2.25 bits per heavy atom. The van der Waals surface area contributed by atoms with Gasteiger partial charge in [0.15, 0.2) is 0 Å². The summed E-state index contributed by atoms with van der Waals surface area (Å²) in [5.74, 6) is 0.363. The molecule has 1 saturated heterocycles. The van der Waals surface area contributed by atoms with Gasteiger partial charge in [-0.25, -0.2) is 8.42 Å². The van der Waals surface area contributed by atoms with E-state index < -0.39 is 10.0 Å². The van der Waals surface area contributed by atoms with Crippen molar-refractivity contribution in [2.45, 2.75) is 35.9 Å². The van der Waals surface area contributed by atoms with E-state index in [9.17, 15) is 8.42 Å². The molecule has 0 radical (unpaired) electrons. The van der Waals surface area contributed by atoms with E-state index in [0.29, 0.717) is 10.1 Å². The second kappa shape index (κ2) is 6.32. The van der Waals surface area contributed by atoms with Crippen molar-refractivity contribution in [3.8, 4) is 0 Å². The van der Waals surface area contributed by atoms with Gasteiger partial charge in [-0.15, -0.1) is 22.9 Å². The number of piperidine rings is 1. The van der Waals surface area contributed by atoms with Gasteiger partial charge in [-0.2, -0.15) is 4.31 Å². The first kappa shape index (κ1) is 16.2. The van der Waals surface area contributed by atoms with Gasteiger partial charge in [0.1, 0.15) is 4.21 Å². The summed E-state index contributed by atoms with van der Waals surface area (Å²) in [7, 11) is 0.317. The first-order valence-corrected chi connectivity index (χ1v) is 9.47. The summed E-state index contributed by atoms with van der Waals surface area (Å²) in [5.41, 5.74) is 0.956. The molecule has 1 atom stereocenters.